The largest absolute Gasteiger partial charge is 0.433 e. The molecule has 2 nitrogen and oxygen atoms in total. The van der Waals surface area contributed by atoms with E-state index in [-0.39, 0.29) is 5.92 Å². The van der Waals surface area contributed by atoms with Crippen LogP contribution in [-0.4, -0.2) is 9.97 Å². The van der Waals surface area contributed by atoms with Gasteiger partial charge in [0.2, 0.25) is 0 Å². The van der Waals surface area contributed by atoms with Crippen molar-refractivity contribution in [1.29, 1.82) is 0 Å². The molecule has 2 unspecified atom stereocenters. The molecule has 0 saturated heterocycles. The molecule has 0 aromatic carbocycles. The number of aromatic nitrogens is 2. The molecule has 5 heteroatoms. The third-order valence-electron chi connectivity index (χ3n) is 3.90. The minimum atomic E-state index is -4.38. The summed E-state index contributed by atoms with van der Waals surface area (Å²) in [4.78, 5) is 8.20. The summed E-state index contributed by atoms with van der Waals surface area (Å²) in [6.07, 6.45) is -3.46. The van der Waals surface area contributed by atoms with Gasteiger partial charge in [-0.2, -0.15) is 13.2 Å². The summed E-state index contributed by atoms with van der Waals surface area (Å²) in [5.74, 6) is 0.524. The number of nitrogens with zero attached hydrogens (tertiary/aromatic N) is 2. The fourth-order valence-corrected chi connectivity index (χ4v) is 2.76. The van der Waals surface area contributed by atoms with Crippen molar-refractivity contribution in [2.24, 2.45) is 0 Å². The van der Waals surface area contributed by atoms with Gasteiger partial charge in [0.05, 0.1) is 0 Å². The van der Waals surface area contributed by atoms with E-state index in [1.165, 1.54) is 0 Å². The van der Waals surface area contributed by atoms with Gasteiger partial charge in [-0.25, -0.2) is 4.98 Å². The fraction of sp³-hybridized carbons (Fsp3) is 0.375. The topological polar surface area (TPSA) is 25.8 Å². The number of pyridine rings is 2. The second-order valence-corrected chi connectivity index (χ2v) is 5.52. The first kappa shape index (κ1) is 14.0. The molecule has 2 aromatic rings. The summed E-state index contributed by atoms with van der Waals surface area (Å²) < 4.78 is 37.9. The SMILES string of the molecule is Cc1cccc(C2CC2c2ccc(C(F)(F)F)nc2C)n1. The van der Waals surface area contributed by atoms with Crippen LogP contribution in [0.25, 0.3) is 0 Å². The molecule has 21 heavy (non-hydrogen) atoms. The number of alkyl halides is 3. The Morgan fingerprint density at radius 3 is 2.38 bits per heavy atom. The van der Waals surface area contributed by atoms with Crippen LogP contribution in [0.4, 0.5) is 13.2 Å². The zero-order chi connectivity index (χ0) is 15.2. The molecule has 0 amide bonds. The first-order valence-corrected chi connectivity index (χ1v) is 6.84. The summed E-state index contributed by atoms with van der Waals surface area (Å²) >= 11 is 0. The first-order chi connectivity index (χ1) is 9.86. The second-order valence-electron chi connectivity index (χ2n) is 5.52. The summed E-state index contributed by atoms with van der Waals surface area (Å²) in [5, 5.41) is 0. The monoisotopic (exact) mass is 292 g/mol. The first-order valence-electron chi connectivity index (χ1n) is 6.84. The van der Waals surface area contributed by atoms with Crippen molar-refractivity contribution in [3.05, 3.63) is 58.7 Å². The van der Waals surface area contributed by atoms with Gasteiger partial charge < -0.3 is 0 Å². The van der Waals surface area contributed by atoms with E-state index in [2.05, 4.69) is 9.97 Å². The standard InChI is InChI=1S/C16H15F3N2/c1-9-4-3-5-14(20-9)13-8-12(13)11-6-7-15(16(17,18)19)21-10(11)2/h3-7,12-13H,8H2,1-2H3. The van der Waals surface area contributed by atoms with E-state index in [4.69, 9.17) is 0 Å². The lowest BCUT2D eigenvalue weighted by Gasteiger charge is -2.10. The van der Waals surface area contributed by atoms with E-state index in [0.717, 1.165) is 29.4 Å². The van der Waals surface area contributed by atoms with Crippen LogP contribution >= 0.6 is 0 Å². The average Bonchev–Trinajstić information content (AvgIpc) is 3.17. The molecular formula is C16H15F3N2. The fourth-order valence-electron chi connectivity index (χ4n) is 2.76. The van der Waals surface area contributed by atoms with Crippen LogP contribution in [0.2, 0.25) is 0 Å². The summed E-state index contributed by atoms with van der Waals surface area (Å²) in [6, 6.07) is 8.51. The zero-order valence-electron chi connectivity index (χ0n) is 11.8. The van der Waals surface area contributed by atoms with Crippen LogP contribution in [0.3, 0.4) is 0 Å². The highest BCUT2D eigenvalue weighted by Crippen LogP contribution is 2.54. The molecule has 1 aliphatic carbocycles. The number of halogens is 3. The van der Waals surface area contributed by atoms with E-state index in [1.807, 2.05) is 25.1 Å². The summed E-state index contributed by atoms with van der Waals surface area (Å²) in [7, 11) is 0. The lowest BCUT2D eigenvalue weighted by Crippen LogP contribution is -2.09. The van der Waals surface area contributed by atoms with Crippen LogP contribution in [0.1, 0.15) is 46.6 Å². The third kappa shape index (κ3) is 2.77. The van der Waals surface area contributed by atoms with Crippen LogP contribution in [-0.2, 0) is 6.18 Å². The molecule has 0 radical (unpaired) electrons. The van der Waals surface area contributed by atoms with Gasteiger partial charge >= 0.3 is 6.18 Å². The molecule has 2 heterocycles. The van der Waals surface area contributed by atoms with E-state index in [1.54, 1.807) is 13.0 Å². The van der Waals surface area contributed by atoms with Gasteiger partial charge in [0.25, 0.3) is 0 Å². The Kier molecular flexibility index (Phi) is 3.23. The second kappa shape index (κ2) is 4.83. The molecule has 2 aromatic heterocycles. The minimum absolute atomic E-state index is 0.231. The maximum Gasteiger partial charge on any atom is 0.433 e. The van der Waals surface area contributed by atoms with Crippen molar-refractivity contribution in [2.45, 2.75) is 38.3 Å². The van der Waals surface area contributed by atoms with Gasteiger partial charge in [0, 0.05) is 23.0 Å². The molecule has 0 spiro atoms. The quantitative estimate of drug-likeness (QED) is 0.820. The molecule has 0 bridgehead atoms. The predicted molar refractivity (Wildman–Crippen MR) is 73.0 cm³/mol. The van der Waals surface area contributed by atoms with E-state index in [0.29, 0.717) is 11.6 Å². The molecule has 0 aliphatic heterocycles. The molecule has 1 aliphatic rings. The van der Waals surface area contributed by atoms with Crippen LogP contribution in [0.15, 0.2) is 30.3 Å². The Morgan fingerprint density at radius 2 is 1.76 bits per heavy atom. The highest BCUT2D eigenvalue weighted by molar-refractivity contribution is 5.37. The van der Waals surface area contributed by atoms with E-state index in [9.17, 15) is 13.2 Å². The van der Waals surface area contributed by atoms with Gasteiger partial charge in [0.1, 0.15) is 5.69 Å². The lowest BCUT2D eigenvalue weighted by atomic mass is 10.1. The van der Waals surface area contributed by atoms with Crippen molar-refractivity contribution in [2.75, 3.05) is 0 Å². The number of hydrogen-bond donors (Lipinski definition) is 0. The molecule has 2 atom stereocenters. The zero-order valence-corrected chi connectivity index (χ0v) is 11.8. The Bertz CT molecular complexity index is 679. The Labute approximate surface area is 121 Å². The lowest BCUT2D eigenvalue weighted by molar-refractivity contribution is -0.141. The van der Waals surface area contributed by atoms with Gasteiger partial charge in [-0.05, 0) is 49.9 Å². The van der Waals surface area contributed by atoms with Crippen molar-refractivity contribution < 1.29 is 13.2 Å². The van der Waals surface area contributed by atoms with Crippen molar-refractivity contribution in [1.82, 2.24) is 9.97 Å². The number of aryl methyl sites for hydroxylation is 2. The van der Waals surface area contributed by atoms with Crippen molar-refractivity contribution >= 4 is 0 Å². The molecule has 1 saturated carbocycles. The molecule has 0 N–H and O–H groups in total. The smallest absolute Gasteiger partial charge is 0.258 e. The molecule has 3 rings (SSSR count). The van der Waals surface area contributed by atoms with Crippen LogP contribution < -0.4 is 0 Å². The summed E-state index contributed by atoms with van der Waals surface area (Å²) in [6.45, 7) is 3.58. The van der Waals surface area contributed by atoms with E-state index < -0.39 is 11.9 Å². The van der Waals surface area contributed by atoms with Gasteiger partial charge in [-0.1, -0.05) is 12.1 Å². The van der Waals surface area contributed by atoms with Crippen molar-refractivity contribution in [3.63, 3.8) is 0 Å². The maximum absolute atomic E-state index is 12.6. The van der Waals surface area contributed by atoms with Crippen molar-refractivity contribution in [3.8, 4) is 0 Å². The van der Waals surface area contributed by atoms with Gasteiger partial charge in [0.15, 0.2) is 0 Å². The number of rotatable bonds is 2. The van der Waals surface area contributed by atoms with E-state index >= 15 is 0 Å². The van der Waals surface area contributed by atoms with Crippen LogP contribution in [0, 0.1) is 13.8 Å². The highest BCUT2D eigenvalue weighted by atomic mass is 19.4. The Balaban J connectivity index is 1.84. The average molecular weight is 292 g/mol. The normalized spacial score (nSPS) is 21.4. The Hall–Kier alpha value is -1.91. The van der Waals surface area contributed by atoms with Gasteiger partial charge in [-0.3, -0.25) is 4.98 Å². The minimum Gasteiger partial charge on any atom is -0.258 e. The number of hydrogen-bond acceptors (Lipinski definition) is 2. The Morgan fingerprint density at radius 1 is 1.00 bits per heavy atom. The van der Waals surface area contributed by atoms with Crippen LogP contribution in [0.5, 0.6) is 0 Å². The third-order valence-corrected chi connectivity index (χ3v) is 3.90. The predicted octanol–water partition coefficient (Wildman–Crippen LogP) is 4.38. The molecule has 1 fully saturated rings. The molecular weight excluding hydrogens is 277 g/mol. The van der Waals surface area contributed by atoms with Gasteiger partial charge in [-0.15, -0.1) is 0 Å². The highest BCUT2D eigenvalue weighted by Gasteiger charge is 2.42. The maximum atomic E-state index is 12.6. The molecule has 110 valence electrons. The summed E-state index contributed by atoms with van der Waals surface area (Å²) in [5.41, 5.74) is 2.51.